The van der Waals surface area contributed by atoms with E-state index in [4.69, 9.17) is 5.11 Å². The van der Waals surface area contributed by atoms with Crippen molar-refractivity contribution in [2.45, 2.75) is 6.92 Å². The molecule has 0 fully saturated rings. The summed E-state index contributed by atoms with van der Waals surface area (Å²) in [6.45, 7) is 1.95. The monoisotopic (exact) mass is 175 g/mol. The van der Waals surface area contributed by atoms with E-state index in [2.05, 4.69) is 4.98 Å². The Morgan fingerprint density at radius 2 is 2.15 bits per heavy atom. The van der Waals surface area contributed by atoms with Crippen molar-refractivity contribution in [1.29, 1.82) is 0 Å². The summed E-state index contributed by atoms with van der Waals surface area (Å²) in [6, 6.07) is 5.22. The van der Waals surface area contributed by atoms with Crippen LogP contribution in [0.25, 0.3) is 10.9 Å². The van der Waals surface area contributed by atoms with Gasteiger partial charge >= 0.3 is 5.97 Å². The van der Waals surface area contributed by atoms with Crippen molar-refractivity contribution in [3.63, 3.8) is 0 Å². The molecule has 1 aromatic carbocycles. The fourth-order valence-corrected chi connectivity index (χ4v) is 1.49. The molecule has 0 saturated heterocycles. The van der Waals surface area contributed by atoms with Crippen LogP contribution in [0.5, 0.6) is 0 Å². The van der Waals surface area contributed by atoms with Gasteiger partial charge in [-0.05, 0) is 24.6 Å². The number of benzene rings is 1. The summed E-state index contributed by atoms with van der Waals surface area (Å²) in [5.41, 5.74) is 2.31. The Labute approximate surface area is 75.0 Å². The molecule has 2 rings (SSSR count). The number of hydrogen-bond donors (Lipinski definition) is 2. The molecule has 0 aliphatic carbocycles. The van der Waals surface area contributed by atoms with Crippen LogP contribution >= 0.6 is 0 Å². The normalized spacial score (nSPS) is 10.5. The minimum Gasteiger partial charge on any atom is -0.478 e. The van der Waals surface area contributed by atoms with Crippen molar-refractivity contribution < 1.29 is 9.90 Å². The number of hydrogen-bond acceptors (Lipinski definition) is 1. The van der Waals surface area contributed by atoms with Crippen LogP contribution in [-0.4, -0.2) is 16.1 Å². The first-order valence-electron chi connectivity index (χ1n) is 4.00. The number of carboxylic acid groups (broad SMARTS) is 1. The van der Waals surface area contributed by atoms with E-state index in [1.165, 1.54) is 0 Å². The highest BCUT2D eigenvalue weighted by Crippen LogP contribution is 2.20. The van der Waals surface area contributed by atoms with Crippen molar-refractivity contribution in [3.05, 3.63) is 35.5 Å². The standard InChI is InChI=1S/C10H9NO2/c1-6-2-3-8(10(12)13)7-4-5-11-9(6)7/h2-5,11H,1H3,(H,12,13). The molecule has 66 valence electrons. The Balaban J connectivity index is 2.86. The zero-order valence-corrected chi connectivity index (χ0v) is 7.16. The number of aromatic nitrogens is 1. The Hall–Kier alpha value is -1.77. The van der Waals surface area contributed by atoms with Gasteiger partial charge < -0.3 is 10.1 Å². The lowest BCUT2D eigenvalue weighted by Gasteiger charge is -1.99. The smallest absolute Gasteiger partial charge is 0.336 e. The SMILES string of the molecule is Cc1ccc(C(=O)O)c2cc[nH]c12. The third kappa shape index (κ3) is 1.09. The van der Waals surface area contributed by atoms with Gasteiger partial charge in [-0.15, -0.1) is 0 Å². The Bertz CT molecular complexity index is 471. The number of nitrogens with one attached hydrogen (secondary N) is 1. The van der Waals surface area contributed by atoms with E-state index in [1.54, 1.807) is 18.3 Å². The molecule has 0 radical (unpaired) electrons. The molecule has 1 aromatic heterocycles. The molecule has 0 atom stereocenters. The number of carboxylic acids is 1. The maximum atomic E-state index is 10.8. The van der Waals surface area contributed by atoms with Gasteiger partial charge in [-0.3, -0.25) is 0 Å². The predicted octanol–water partition coefficient (Wildman–Crippen LogP) is 2.17. The maximum absolute atomic E-state index is 10.8. The van der Waals surface area contributed by atoms with Gasteiger partial charge in [0.25, 0.3) is 0 Å². The van der Waals surface area contributed by atoms with Gasteiger partial charge in [-0.25, -0.2) is 4.79 Å². The summed E-state index contributed by atoms with van der Waals surface area (Å²) < 4.78 is 0. The van der Waals surface area contributed by atoms with Crippen LogP contribution in [0.4, 0.5) is 0 Å². The van der Waals surface area contributed by atoms with Crippen LogP contribution in [0, 0.1) is 6.92 Å². The van der Waals surface area contributed by atoms with E-state index in [9.17, 15) is 4.79 Å². The predicted molar refractivity (Wildman–Crippen MR) is 50.0 cm³/mol. The van der Waals surface area contributed by atoms with Gasteiger partial charge in [0.15, 0.2) is 0 Å². The zero-order valence-electron chi connectivity index (χ0n) is 7.16. The molecule has 2 aromatic rings. The zero-order chi connectivity index (χ0) is 9.42. The van der Waals surface area contributed by atoms with Crippen LogP contribution < -0.4 is 0 Å². The number of carbonyl (C=O) groups is 1. The van der Waals surface area contributed by atoms with Crippen molar-refractivity contribution in [3.8, 4) is 0 Å². The minimum absolute atomic E-state index is 0.349. The number of H-pyrrole nitrogens is 1. The van der Waals surface area contributed by atoms with Crippen molar-refractivity contribution >= 4 is 16.9 Å². The van der Waals surface area contributed by atoms with Gasteiger partial charge in [0.2, 0.25) is 0 Å². The fourth-order valence-electron chi connectivity index (χ4n) is 1.49. The van der Waals surface area contributed by atoms with E-state index in [-0.39, 0.29) is 0 Å². The molecule has 2 N–H and O–H groups in total. The molecule has 0 aliphatic heterocycles. The minimum atomic E-state index is -0.885. The summed E-state index contributed by atoms with van der Waals surface area (Å²) in [5.74, 6) is -0.885. The van der Waals surface area contributed by atoms with Gasteiger partial charge in [0.05, 0.1) is 5.56 Å². The first kappa shape index (κ1) is 7.86. The van der Waals surface area contributed by atoms with Crippen molar-refractivity contribution in [2.24, 2.45) is 0 Å². The lowest BCUT2D eigenvalue weighted by molar-refractivity contribution is 0.0699. The van der Waals surface area contributed by atoms with Crippen LogP contribution in [0.15, 0.2) is 24.4 Å². The molecular weight excluding hydrogens is 166 g/mol. The summed E-state index contributed by atoms with van der Waals surface area (Å²) >= 11 is 0. The second-order valence-corrected chi connectivity index (χ2v) is 3.00. The van der Waals surface area contributed by atoms with Gasteiger partial charge in [0.1, 0.15) is 0 Å². The van der Waals surface area contributed by atoms with Crippen molar-refractivity contribution in [2.75, 3.05) is 0 Å². The number of rotatable bonds is 1. The molecule has 1 heterocycles. The highest BCUT2D eigenvalue weighted by molar-refractivity contribution is 6.03. The molecule has 0 bridgehead atoms. The Kier molecular flexibility index (Phi) is 1.59. The maximum Gasteiger partial charge on any atom is 0.336 e. The number of aromatic amines is 1. The second kappa shape index (κ2) is 2.62. The van der Waals surface area contributed by atoms with Crippen LogP contribution in [0.3, 0.4) is 0 Å². The van der Waals surface area contributed by atoms with Crippen molar-refractivity contribution in [1.82, 2.24) is 4.98 Å². The van der Waals surface area contributed by atoms with Gasteiger partial charge in [-0.2, -0.15) is 0 Å². The molecule has 0 saturated carbocycles. The van der Waals surface area contributed by atoms with Gasteiger partial charge in [0, 0.05) is 17.1 Å². The Morgan fingerprint density at radius 3 is 2.85 bits per heavy atom. The average molecular weight is 175 g/mol. The third-order valence-corrected chi connectivity index (χ3v) is 2.16. The summed E-state index contributed by atoms with van der Waals surface area (Å²) in [7, 11) is 0. The first-order valence-corrected chi connectivity index (χ1v) is 4.00. The average Bonchev–Trinajstić information content (AvgIpc) is 2.53. The van der Waals surface area contributed by atoms with Crippen LogP contribution in [0.2, 0.25) is 0 Å². The van der Waals surface area contributed by atoms with Crippen LogP contribution in [-0.2, 0) is 0 Å². The van der Waals surface area contributed by atoms with E-state index in [0.29, 0.717) is 5.56 Å². The Morgan fingerprint density at radius 1 is 1.38 bits per heavy atom. The van der Waals surface area contributed by atoms with Crippen LogP contribution in [0.1, 0.15) is 15.9 Å². The quantitative estimate of drug-likeness (QED) is 0.697. The molecular formula is C10H9NO2. The second-order valence-electron chi connectivity index (χ2n) is 3.00. The molecule has 0 amide bonds. The molecule has 0 unspecified atom stereocenters. The molecule has 0 aliphatic rings. The largest absolute Gasteiger partial charge is 0.478 e. The summed E-state index contributed by atoms with van der Waals surface area (Å²) in [4.78, 5) is 13.8. The third-order valence-electron chi connectivity index (χ3n) is 2.16. The number of aromatic carboxylic acids is 1. The lowest BCUT2D eigenvalue weighted by Crippen LogP contribution is -1.96. The van der Waals surface area contributed by atoms with E-state index in [1.807, 2.05) is 13.0 Å². The molecule has 0 spiro atoms. The summed E-state index contributed by atoms with van der Waals surface area (Å²) in [5, 5.41) is 9.65. The number of fused-ring (bicyclic) bond motifs is 1. The summed E-state index contributed by atoms with van der Waals surface area (Å²) in [6.07, 6.45) is 1.75. The molecule has 3 heteroatoms. The molecule has 3 nitrogen and oxygen atoms in total. The van der Waals surface area contributed by atoms with Gasteiger partial charge in [-0.1, -0.05) is 6.07 Å². The molecule has 13 heavy (non-hydrogen) atoms. The first-order chi connectivity index (χ1) is 6.20. The topological polar surface area (TPSA) is 53.1 Å². The fraction of sp³-hybridized carbons (Fsp3) is 0.100. The van der Waals surface area contributed by atoms with E-state index < -0.39 is 5.97 Å². The lowest BCUT2D eigenvalue weighted by atomic mass is 10.1. The van der Waals surface area contributed by atoms with E-state index in [0.717, 1.165) is 16.5 Å². The van der Waals surface area contributed by atoms with E-state index >= 15 is 0 Å². The highest BCUT2D eigenvalue weighted by Gasteiger charge is 2.09. The number of aryl methyl sites for hydroxylation is 1. The highest BCUT2D eigenvalue weighted by atomic mass is 16.4.